The number of benzene rings is 4. The molecule has 1 aliphatic heterocycles. The Bertz CT molecular complexity index is 3100. The first-order valence-electron chi connectivity index (χ1n) is 19.1. The van der Waals surface area contributed by atoms with E-state index in [1.807, 2.05) is 42.7 Å². The van der Waals surface area contributed by atoms with Crippen molar-refractivity contribution >= 4 is 86.4 Å². The van der Waals surface area contributed by atoms with Gasteiger partial charge in [-0.15, -0.1) is 0 Å². The van der Waals surface area contributed by atoms with Gasteiger partial charge in [-0.1, -0.05) is 60.7 Å². The number of amides is 1. The first-order valence-corrected chi connectivity index (χ1v) is 23.6. The Balaban J connectivity index is 1.39. The van der Waals surface area contributed by atoms with Gasteiger partial charge in [-0.05, 0) is 80.7 Å². The summed E-state index contributed by atoms with van der Waals surface area (Å²) in [7, 11) is -13.5. The largest absolute Gasteiger partial charge is 0.465 e. The Hall–Kier alpha value is -5.37. The summed E-state index contributed by atoms with van der Waals surface area (Å²) in [6.07, 6.45) is 8.74. The minimum absolute atomic E-state index is 0.0580. The van der Waals surface area contributed by atoms with Gasteiger partial charge in [0.05, 0.1) is 18.4 Å². The molecule has 2 heterocycles. The third kappa shape index (κ3) is 7.74. The lowest BCUT2D eigenvalue weighted by Crippen LogP contribution is -2.49. The molecule has 15 nitrogen and oxygen atoms in total. The van der Waals surface area contributed by atoms with Gasteiger partial charge in [0, 0.05) is 63.1 Å². The number of hydrogen-bond acceptors (Lipinski definition) is 10. The van der Waals surface area contributed by atoms with E-state index < -0.39 is 66.0 Å². The first kappa shape index (κ1) is 42.7. The summed E-state index contributed by atoms with van der Waals surface area (Å²) < 4.78 is 109. The predicted octanol–water partition coefficient (Wildman–Crippen LogP) is 5.30. The lowest BCUT2D eigenvalue weighted by molar-refractivity contribution is -0.161. The van der Waals surface area contributed by atoms with E-state index in [0.29, 0.717) is 56.5 Å². The Labute approximate surface area is 346 Å². The average Bonchev–Trinajstić information content (AvgIpc) is 3.67. The fourth-order valence-corrected chi connectivity index (χ4v) is 10.4. The van der Waals surface area contributed by atoms with E-state index >= 15 is 0 Å². The molecule has 1 aromatic heterocycles. The van der Waals surface area contributed by atoms with E-state index in [-0.39, 0.29) is 29.2 Å². The second kappa shape index (κ2) is 15.9. The quantitative estimate of drug-likeness (QED) is 0.0670. The lowest BCUT2D eigenvalue weighted by Gasteiger charge is -2.34. The zero-order chi connectivity index (χ0) is 43.4. The smallest absolute Gasteiger partial charge is 0.322 e. The van der Waals surface area contributed by atoms with Crippen LogP contribution in [0.25, 0.3) is 38.5 Å². The number of nitrogens with one attached hydrogen (secondary N) is 1. The summed E-state index contributed by atoms with van der Waals surface area (Å²) in [5.41, 5.74) is 1.42. The van der Waals surface area contributed by atoms with Crippen molar-refractivity contribution in [1.29, 1.82) is 0 Å². The Morgan fingerprint density at radius 2 is 1.47 bits per heavy atom. The lowest BCUT2D eigenvalue weighted by atomic mass is 9.71. The van der Waals surface area contributed by atoms with Gasteiger partial charge in [0.25, 0.3) is 30.4 Å². The van der Waals surface area contributed by atoms with Crippen LogP contribution in [-0.2, 0) is 51.2 Å². The van der Waals surface area contributed by atoms with Crippen LogP contribution in [0.15, 0.2) is 106 Å². The minimum Gasteiger partial charge on any atom is -0.465 e. The molecule has 0 radical (unpaired) electrons. The number of carbonyl (C=O) groups excluding carboxylic acids is 2. The van der Waals surface area contributed by atoms with Crippen molar-refractivity contribution in [3.05, 3.63) is 107 Å². The zero-order valence-corrected chi connectivity index (χ0v) is 35.3. The number of allylic oxidation sites excluding steroid dienone is 5. The molecule has 2 atom stereocenters. The first-order chi connectivity index (χ1) is 28.3. The maximum Gasteiger partial charge on any atom is 0.322 e. The highest BCUT2D eigenvalue weighted by Crippen LogP contribution is 2.47. The number of likely N-dealkylation sites (N-methyl/N-ethyl adjacent to an activating group) is 1. The minimum atomic E-state index is -4.54. The Morgan fingerprint density at radius 3 is 2.10 bits per heavy atom. The van der Waals surface area contributed by atoms with Crippen LogP contribution in [0.5, 0.6) is 0 Å². The SMILES string of the molecule is CCOC(=O)C1(C(=O)NCCS(=O)(=O)O)CC(/C=C/C2c3cccc4c(S(=O)(=O)O)ccc(c34)N2CC)=CC(=C/C=c2\c3cccc4c(S(=O)(=O)O)ccc(c43)n2CC)/C1. The van der Waals surface area contributed by atoms with E-state index in [2.05, 4.69) is 10.2 Å². The van der Waals surface area contributed by atoms with Crippen molar-refractivity contribution in [2.75, 3.05) is 30.3 Å². The molecule has 0 fully saturated rings. The molecule has 1 amide bonds. The molecule has 4 aromatic carbocycles. The highest BCUT2D eigenvalue weighted by molar-refractivity contribution is 7.86. The highest BCUT2D eigenvalue weighted by Gasteiger charge is 2.49. The molecule has 316 valence electrons. The molecule has 1 aliphatic carbocycles. The van der Waals surface area contributed by atoms with Gasteiger partial charge in [0.1, 0.15) is 9.79 Å². The molecule has 18 heteroatoms. The van der Waals surface area contributed by atoms with Crippen molar-refractivity contribution in [2.45, 2.75) is 56.0 Å². The van der Waals surface area contributed by atoms with Gasteiger partial charge in [0.15, 0.2) is 5.41 Å². The molecule has 0 saturated heterocycles. The second-order valence-corrected chi connectivity index (χ2v) is 19.0. The van der Waals surface area contributed by atoms with Crippen LogP contribution in [0.2, 0.25) is 0 Å². The van der Waals surface area contributed by atoms with E-state index in [9.17, 15) is 48.5 Å². The molecule has 0 saturated carbocycles. The molecule has 4 N–H and O–H groups in total. The van der Waals surface area contributed by atoms with E-state index in [1.54, 1.807) is 61.5 Å². The maximum atomic E-state index is 14.2. The van der Waals surface area contributed by atoms with Crippen LogP contribution >= 0.6 is 0 Å². The number of anilines is 1. The van der Waals surface area contributed by atoms with Crippen LogP contribution in [0.3, 0.4) is 0 Å². The summed E-state index contributed by atoms with van der Waals surface area (Å²) in [6, 6.07) is 15.9. The van der Waals surface area contributed by atoms with Gasteiger partial charge < -0.3 is 19.5 Å². The van der Waals surface area contributed by atoms with Crippen molar-refractivity contribution in [3.8, 4) is 0 Å². The number of aryl methyl sites for hydroxylation is 1. The van der Waals surface area contributed by atoms with Gasteiger partial charge in [-0.3, -0.25) is 23.2 Å². The molecule has 2 aliphatic rings. The zero-order valence-electron chi connectivity index (χ0n) is 32.8. The number of ether oxygens (including phenoxy) is 1. The topological polar surface area (TPSA) is 227 Å². The summed E-state index contributed by atoms with van der Waals surface area (Å²) in [4.78, 5) is 29.8. The molecule has 5 aromatic rings. The summed E-state index contributed by atoms with van der Waals surface area (Å²) >= 11 is 0. The van der Waals surface area contributed by atoms with E-state index in [1.165, 1.54) is 12.1 Å². The third-order valence-electron chi connectivity index (χ3n) is 11.1. The summed E-state index contributed by atoms with van der Waals surface area (Å²) in [6.45, 7) is 5.92. The fourth-order valence-electron chi connectivity index (χ4n) is 8.66. The fraction of sp³-hybridized carbons (Fsp3) is 0.286. The van der Waals surface area contributed by atoms with Crippen LogP contribution in [-0.4, -0.2) is 80.8 Å². The molecular formula is C42H43N3O12S3. The molecular weight excluding hydrogens is 835 g/mol. The highest BCUT2D eigenvalue weighted by atomic mass is 32.2. The van der Waals surface area contributed by atoms with Crippen LogP contribution < -0.4 is 15.6 Å². The van der Waals surface area contributed by atoms with Gasteiger partial charge in [-0.25, -0.2) is 0 Å². The number of aromatic nitrogens is 1. The number of nitrogens with zero attached hydrogens (tertiary/aromatic N) is 2. The van der Waals surface area contributed by atoms with E-state index in [0.717, 1.165) is 16.8 Å². The van der Waals surface area contributed by atoms with Crippen LogP contribution in [0.4, 0.5) is 5.69 Å². The summed E-state index contributed by atoms with van der Waals surface area (Å²) in [5, 5.41) is 5.88. The second-order valence-electron chi connectivity index (χ2n) is 14.7. The monoisotopic (exact) mass is 877 g/mol. The normalized spacial score (nSPS) is 19.6. The van der Waals surface area contributed by atoms with Crippen LogP contribution in [0, 0.1) is 5.41 Å². The summed E-state index contributed by atoms with van der Waals surface area (Å²) in [5.74, 6) is -2.43. The molecule has 7 rings (SSSR count). The van der Waals surface area contributed by atoms with Crippen LogP contribution in [0.1, 0.15) is 45.2 Å². The number of carbonyl (C=O) groups is 2. The van der Waals surface area contributed by atoms with Gasteiger partial charge in [0.2, 0.25) is 5.91 Å². The molecule has 60 heavy (non-hydrogen) atoms. The third-order valence-corrected chi connectivity index (χ3v) is 13.6. The maximum absolute atomic E-state index is 14.2. The predicted molar refractivity (Wildman–Crippen MR) is 227 cm³/mol. The standard InChI is InChI=1S/C42H43N3O12S3/c1-4-44-32(28-9-7-11-30-36(59(51,52)53)19-17-34(44)38(28)30)15-13-26-23-27(25-42(24-26,41(47)57-6-3)40(46)43-21-22-58(48,49)50)14-16-33-29-10-8-12-31-37(60(54,55)56)20-18-35(39(29)31)45(33)5-2/h7-20,23,32H,4-6,21-22,24-25H2,1-3H3,(H,43,46)(H,48,49,50)(H,51,52,53)(H,54,55,56)/b15-13+,27-14-,33-16+. The molecule has 0 bridgehead atoms. The number of hydrogen-bond donors (Lipinski definition) is 4. The van der Waals surface area contributed by atoms with Crippen molar-refractivity contribution in [2.24, 2.45) is 5.41 Å². The van der Waals surface area contributed by atoms with E-state index in [4.69, 9.17) is 4.74 Å². The van der Waals surface area contributed by atoms with Crippen molar-refractivity contribution < 1.29 is 53.2 Å². The van der Waals surface area contributed by atoms with Crippen molar-refractivity contribution in [1.82, 2.24) is 9.88 Å². The van der Waals surface area contributed by atoms with Gasteiger partial charge >= 0.3 is 5.97 Å². The Morgan fingerprint density at radius 1 is 0.817 bits per heavy atom. The number of esters is 1. The Kier molecular flexibility index (Phi) is 11.3. The van der Waals surface area contributed by atoms with Gasteiger partial charge in [-0.2, -0.15) is 25.3 Å². The molecule has 0 spiro atoms. The average molecular weight is 878 g/mol. The van der Waals surface area contributed by atoms with Crippen molar-refractivity contribution in [3.63, 3.8) is 0 Å². The number of rotatable bonds is 13. The molecule has 2 unspecified atom stereocenters.